The molecule has 4 aromatic rings. The van der Waals surface area contributed by atoms with E-state index in [1.165, 1.54) is 6.26 Å². The van der Waals surface area contributed by atoms with Crippen molar-refractivity contribution in [3.05, 3.63) is 71.1 Å². The second kappa shape index (κ2) is 5.98. The van der Waals surface area contributed by atoms with Crippen molar-refractivity contribution in [3.8, 4) is 22.6 Å². The van der Waals surface area contributed by atoms with Crippen LogP contribution in [0.3, 0.4) is 0 Å². The van der Waals surface area contributed by atoms with Crippen molar-refractivity contribution in [3.63, 3.8) is 0 Å². The van der Waals surface area contributed by atoms with Crippen molar-refractivity contribution in [2.75, 3.05) is 14.2 Å². The van der Waals surface area contributed by atoms with E-state index in [-0.39, 0.29) is 5.43 Å². The zero-order valence-corrected chi connectivity index (χ0v) is 13.9. The van der Waals surface area contributed by atoms with Crippen LogP contribution < -0.4 is 14.9 Å². The lowest BCUT2D eigenvalue weighted by molar-refractivity contribution is 0.358. The van der Waals surface area contributed by atoms with Crippen LogP contribution in [-0.4, -0.2) is 14.2 Å². The van der Waals surface area contributed by atoms with Crippen LogP contribution in [0, 0.1) is 0 Å². The second-order valence-electron chi connectivity index (χ2n) is 5.68. The zero-order chi connectivity index (χ0) is 17.4. The van der Waals surface area contributed by atoms with E-state index in [2.05, 4.69) is 0 Å². The lowest BCUT2D eigenvalue weighted by Crippen LogP contribution is -2.05. The van der Waals surface area contributed by atoms with Crippen molar-refractivity contribution in [2.24, 2.45) is 0 Å². The summed E-state index contributed by atoms with van der Waals surface area (Å²) in [5.74, 6) is 1.23. The van der Waals surface area contributed by atoms with Crippen molar-refractivity contribution in [2.45, 2.75) is 0 Å². The molecule has 4 heteroatoms. The maximum Gasteiger partial charge on any atom is 0.201 e. The van der Waals surface area contributed by atoms with Crippen LogP contribution in [0.4, 0.5) is 0 Å². The van der Waals surface area contributed by atoms with Gasteiger partial charge in [0.15, 0.2) is 11.5 Å². The van der Waals surface area contributed by atoms with Crippen molar-refractivity contribution >= 4 is 21.7 Å². The van der Waals surface area contributed by atoms with Crippen LogP contribution >= 0.6 is 0 Å². The minimum atomic E-state index is -0.0646. The molecular weight excluding hydrogens is 316 g/mol. The van der Waals surface area contributed by atoms with Crippen LogP contribution in [0.2, 0.25) is 0 Å². The van der Waals surface area contributed by atoms with Gasteiger partial charge in [-0.3, -0.25) is 4.79 Å². The highest BCUT2D eigenvalue weighted by molar-refractivity contribution is 6.09. The van der Waals surface area contributed by atoms with Crippen molar-refractivity contribution in [1.82, 2.24) is 0 Å². The highest BCUT2D eigenvalue weighted by Crippen LogP contribution is 2.38. The molecule has 0 radical (unpaired) electrons. The summed E-state index contributed by atoms with van der Waals surface area (Å²) in [6.07, 6.45) is 1.52. The van der Waals surface area contributed by atoms with E-state index in [0.717, 1.165) is 16.3 Å². The number of methoxy groups -OCH3 is 2. The molecule has 124 valence electrons. The SMILES string of the molecule is COc1ccc2c(ccc3occ(-c4ccccc4)c(=O)c32)c1OC. The maximum absolute atomic E-state index is 13.2. The molecular formula is C21H16O4. The van der Waals surface area contributed by atoms with E-state index in [1.54, 1.807) is 26.4 Å². The molecule has 0 unspecified atom stereocenters. The van der Waals surface area contributed by atoms with Crippen molar-refractivity contribution < 1.29 is 13.9 Å². The first-order valence-corrected chi connectivity index (χ1v) is 7.89. The number of rotatable bonds is 3. The lowest BCUT2D eigenvalue weighted by Gasteiger charge is -2.12. The number of ether oxygens (including phenoxy) is 2. The smallest absolute Gasteiger partial charge is 0.201 e. The fourth-order valence-corrected chi connectivity index (χ4v) is 3.17. The van der Waals surface area contributed by atoms with Gasteiger partial charge in [0.2, 0.25) is 5.43 Å². The Balaban J connectivity index is 2.12. The first-order valence-electron chi connectivity index (χ1n) is 7.89. The molecule has 25 heavy (non-hydrogen) atoms. The standard InChI is InChI=1S/C21H16O4/c1-23-18-11-8-14-15(21(18)24-2)9-10-17-19(14)20(22)16(12-25-17)13-6-4-3-5-7-13/h3-12H,1-2H3. The molecule has 0 saturated heterocycles. The largest absolute Gasteiger partial charge is 0.493 e. The minimum absolute atomic E-state index is 0.0646. The Morgan fingerprint density at radius 2 is 1.60 bits per heavy atom. The second-order valence-corrected chi connectivity index (χ2v) is 5.68. The molecule has 0 fully saturated rings. The van der Waals surface area contributed by atoms with Crippen molar-refractivity contribution in [1.29, 1.82) is 0 Å². The van der Waals surface area contributed by atoms with E-state index in [4.69, 9.17) is 13.9 Å². The van der Waals surface area contributed by atoms with Gasteiger partial charge in [0.05, 0.1) is 25.2 Å². The first kappa shape index (κ1) is 15.3. The van der Waals surface area contributed by atoms with Gasteiger partial charge in [-0.1, -0.05) is 30.3 Å². The fourth-order valence-electron chi connectivity index (χ4n) is 3.17. The van der Waals surface area contributed by atoms with Gasteiger partial charge >= 0.3 is 0 Å². The molecule has 0 aliphatic rings. The fraction of sp³-hybridized carbons (Fsp3) is 0.0952. The molecule has 4 nitrogen and oxygen atoms in total. The van der Waals surface area contributed by atoms with Gasteiger partial charge in [-0.05, 0) is 29.8 Å². The van der Waals surface area contributed by atoms with E-state index >= 15 is 0 Å². The summed E-state index contributed by atoms with van der Waals surface area (Å²) in [4.78, 5) is 13.2. The third-order valence-corrected chi connectivity index (χ3v) is 4.36. The van der Waals surface area contributed by atoms with Crippen LogP contribution in [0.25, 0.3) is 32.9 Å². The normalized spacial score (nSPS) is 11.0. The predicted molar refractivity (Wildman–Crippen MR) is 98.5 cm³/mol. The van der Waals surface area contributed by atoms with Gasteiger partial charge in [0, 0.05) is 10.8 Å². The van der Waals surface area contributed by atoms with Crippen LogP contribution in [0.1, 0.15) is 0 Å². The third kappa shape index (κ3) is 2.34. The van der Waals surface area contributed by atoms with Gasteiger partial charge in [-0.2, -0.15) is 0 Å². The van der Waals surface area contributed by atoms with E-state index in [1.807, 2.05) is 42.5 Å². The summed E-state index contributed by atoms with van der Waals surface area (Å²) in [7, 11) is 3.18. The molecule has 0 bridgehead atoms. The Morgan fingerprint density at radius 3 is 2.32 bits per heavy atom. The maximum atomic E-state index is 13.2. The number of benzene rings is 3. The Labute approximate surface area is 144 Å². The van der Waals surface area contributed by atoms with Crippen LogP contribution in [-0.2, 0) is 0 Å². The van der Waals surface area contributed by atoms with Gasteiger partial charge in [-0.15, -0.1) is 0 Å². The highest BCUT2D eigenvalue weighted by atomic mass is 16.5. The molecule has 0 aliphatic carbocycles. The summed E-state index contributed by atoms with van der Waals surface area (Å²) in [5.41, 5.74) is 1.85. The van der Waals surface area contributed by atoms with E-state index in [0.29, 0.717) is 28.0 Å². The monoisotopic (exact) mass is 332 g/mol. The molecule has 0 aliphatic heterocycles. The van der Waals surface area contributed by atoms with E-state index in [9.17, 15) is 4.79 Å². The van der Waals surface area contributed by atoms with Gasteiger partial charge < -0.3 is 13.9 Å². The highest BCUT2D eigenvalue weighted by Gasteiger charge is 2.16. The minimum Gasteiger partial charge on any atom is -0.493 e. The topological polar surface area (TPSA) is 48.7 Å². The van der Waals surface area contributed by atoms with Gasteiger partial charge in [-0.25, -0.2) is 0 Å². The predicted octanol–water partition coefficient (Wildman–Crippen LogP) is 4.63. The zero-order valence-electron chi connectivity index (χ0n) is 13.9. The van der Waals surface area contributed by atoms with Gasteiger partial charge in [0.25, 0.3) is 0 Å². The Hall–Kier alpha value is -3.27. The molecule has 1 aromatic heterocycles. The quantitative estimate of drug-likeness (QED) is 0.513. The van der Waals surface area contributed by atoms with Gasteiger partial charge in [0.1, 0.15) is 11.8 Å². The number of hydrogen-bond donors (Lipinski definition) is 0. The molecule has 4 rings (SSSR count). The number of hydrogen-bond acceptors (Lipinski definition) is 4. The molecule has 0 saturated carbocycles. The molecule has 0 N–H and O–H groups in total. The van der Waals surface area contributed by atoms with Crippen LogP contribution in [0.5, 0.6) is 11.5 Å². The first-order chi connectivity index (χ1) is 12.2. The summed E-state index contributed by atoms with van der Waals surface area (Å²) in [5, 5.41) is 2.13. The summed E-state index contributed by atoms with van der Waals surface area (Å²) >= 11 is 0. The summed E-state index contributed by atoms with van der Waals surface area (Å²) in [6.45, 7) is 0. The lowest BCUT2D eigenvalue weighted by atomic mass is 10.0. The number of fused-ring (bicyclic) bond motifs is 3. The average molecular weight is 332 g/mol. The van der Waals surface area contributed by atoms with E-state index < -0.39 is 0 Å². The average Bonchev–Trinajstić information content (AvgIpc) is 2.67. The molecule has 3 aromatic carbocycles. The molecule has 0 amide bonds. The third-order valence-electron chi connectivity index (χ3n) is 4.36. The molecule has 1 heterocycles. The Kier molecular flexibility index (Phi) is 3.65. The Bertz CT molecular complexity index is 1130. The summed E-state index contributed by atoms with van der Waals surface area (Å²) in [6, 6.07) is 16.8. The van der Waals surface area contributed by atoms with Crippen LogP contribution in [0.15, 0.2) is 70.1 Å². The Morgan fingerprint density at radius 1 is 0.840 bits per heavy atom. The molecule has 0 spiro atoms. The summed E-state index contributed by atoms with van der Waals surface area (Å²) < 4.78 is 16.6. The molecule has 0 atom stereocenters.